The maximum absolute atomic E-state index is 8.89. The summed E-state index contributed by atoms with van der Waals surface area (Å²) in [5.41, 5.74) is 2.50. The maximum Gasteiger partial charge on any atom is 0.276 e. The van der Waals surface area contributed by atoms with Crippen molar-refractivity contribution in [2.75, 3.05) is 12.4 Å². The summed E-state index contributed by atoms with van der Waals surface area (Å²) >= 11 is 1.43. The highest BCUT2D eigenvalue weighted by atomic mass is 32.2. The largest absolute Gasteiger partial charge is 0.493 e. The molecule has 0 aliphatic carbocycles. The van der Waals surface area contributed by atoms with Crippen molar-refractivity contribution in [3.8, 4) is 23.3 Å². The third kappa shape index (κ3) is 3.41. The van der Waals surface area contributed by atoms with E-state index in [4.69, 9.17) is 14.4 Å². The van der Waals surface area contributed by atoms with E-state index in [9.17, 15) is 0 Å². The van der Waals surface area contributed by atoms with E-state index in [1.807, 2.05) is 36.5 Å². The molecule has 0 amide bonds. The van der Waals surface area contributed by atoms with Gasteiger partial charge in [0.25, 0.3) is 11.1 Å². The smallest absolute Gasteiger partial charge is 0.276 e. The molecule has 1 N–H and O–H groups in total. The molecule has 0 aliphatic rings. The summed E-state index contributed by atoms with van der Waals surface area (Å²) in [6.07, 6.45) is 1.87. The Labute approximate surface area is 153 Å². The molecule has 0 spiro atoms. The fourth-order valence-electron chi connectivity index (χ4n) is 2.57. The predicted molar refractivity (Wildman–Crippen MR) is 99.0 cm³/mol. The zero-order chi connectivity index (χ0) is 17.8. The summed E-state index contributed by atoms with van der Waals surface area (Å²) in [4.78, 5) is 3.20. The van der Waals surface area contributed by atoms with E-state index in [0.29, 0.717) is 34.8 Å². The molecule has 0 bridgehead atoms. The first-order valence-electron chi connectivity index (χ1n) is 7.99. The van der Waals surface area contributed by atoms with Crippen LogP contribution in [-0.4, -0.2) is 27.5 Å². The Kier molecular flexibility index (Phi) is 4.58. The van der Waals surface area contributed by atoms with E-state index in [1.165, 1.54) is 11.8 Å². The molecule has 0 fully saturated rings. The number of aromatic amines is 1. The number of rotatable bonds is 6. The van der Waals surface area contributed by atoms with Crippen molar-refractivity contribution in [3.63, 3.8) is 0 Å². The molecular weight excluding hydrogens is 348 g/mol. The lowest BCUT2D eigenvalue weighted by Gasteiger charge is -2.04. The zero-order valence-corrected chi connectivity index (χ0v) is 14.5. The molecule has 6 nitrogen and oxygen atoms in total. The Morgan fingerprint density at radius 1 is 1.15 bits per heavy atom. The number of benzene rings is 2. The molecule has 4 aromatic rings. The molecule has 0 saturated heterocycles. The lowest BCUT2D eigenvalue weighted by molar-refractivity contribution is 0.343. The van der Waals surface area contributed by atoms with E-state index in [1.54, 1.807) is 18.2 Å². The summed E-state index contributed by atoms with van der Waals surface area (Å²) in [6, 6.07) is 17.1. The van der Waals surface area contributed by atoms with Crippen LogP contribution in [0.15, 0.2) is 64.4 Å². The highest BCUT2D eigenvalue weighted by Crippen LogP contribution is 2.29. The topological polar surface area (TPSA) is 87.7 Å². The van der Waals surface area contributed by atoms with Gasteiger partial charge in [0.1, 0.15) is 5.75 Å². The number of H-pyrrole nitrogens is 1. The monoisotopic (exact) mass is 362 g/mol. The van der Waals surface area contributed by atoms with Crippen molar-refractivity contribution in [1.82, 2.24) is 15.2 Å². The molecule has 0 aliphatic heterocycles. The van der Waals surface area contributed by atoms with Gasteiger partial charge in [-0.3, -0.25) is 0 Å². The van der Waals surface area contributed by atoms with Crippen molar-refractivity contribution < 1.29 is 9.15 Å². The van der Waals surface area contributed by atoms with Crippen LogP contribution in [0.5, 0.6) is 5.75 Å². The van der Waals surface area contributed by atoms with Gasteiger partial charge in [-0.2, -0.15) is 5.26 Å². The molecule has 0 atom stereocenters. The molecule has 0 unspecified atom stereocenters. The highest BCUT2D eigenvalue weighted by Gasteiger charge is 2.13. The number of ether oxygens (including phenoxy) is 1. The van der Waals surface area contributed by atoms with Crippen LogP contribution in [0, 0.1) is 11.3 Å². The molecule has 2 aromatic carbocycles. The van der Waals surface area contributed by atoms with Crippen LogP contribution in [0.25, 0.3) is 22.4 Å². The standard InChI is InChI=1S/C19H14N4O2S/c20-11-13-4-3-5-14(10-13)24-8-9-26-19-23-22-18(25-19)16-12-21-17-7-2-1-6-15(16)17/h1-7,10,12,21H,8-9H2. The molecule has 26 heavy (non-hydrogen) atoms. The van der Waals surface area contributed by atoms with Gasteiger partial charge >= 0.3 is 0 Å². The van der Waals surface area contributed by atoms with Gasteiger partial charge in [-0.25, -0.2) is 0 Å². The average molecular weight is 362 g/mol. The van der Waals surface area contributed by atoms with Crippen molar-refractivity contribution >= 4 is 22.7 Å². The molecule has 128 valence electrons. The lowest BCUT2D eigenvalue weighted by Crippen LogP contribution is -2.00. The van der Waals surface area contributed by atoms with Gasteiger partial charge in [-0.15, -0.1) is 10.2 Å². The second kappa shape index (κ2) is 7.33. The van der Waals surface area contributed by atoms with Crippen LogP contribution in [0.4, 0.5) is 0 Å². The Bertz CT molecular complexity index is 1080. The van der Waals surface area contributed by atoms with Crippen LogP contribution in [0.2, 0.25) is 0 Å². The summed E-state index contributed by atoms with van der Waals surface area (Å²) in [7, 11) is 0. The van der Waals surface area contributed by atoms with Crippen molar-refractivity contribution in [3.05, 3.63) is 60.3 Å². The van der Waals surface area contributed by atoms with Crippen LogP contribution in [-0.2, 0) is 0 Å². The van der Waals surface area contributed by atoms with Gasteiger partial charge in [-0.05, 0) is 24.3 Å². The molecular formula is C19H14N4O2S. The van der Waals surface area contributed by atoms with E-state index in [2.05, 4.69) is 21.3 Å². The minimum Gasteiger partial charge on any atom is -0.493 e. The van der Waals surface area contributed by atoms with Crippen molar-refractivity contribution in [2.45, 2.75) is 5.22 Å². The number of hydrogen-bond acceptors (Lipinski definition) is 6. The fourth-order valence-corrected chi connectivity index (χ4v) is 3.15. The number of aromatic nitrogens is 3. The molecule has 2 aromatic heterocycles. The van der Waals surface area contributed by atoms with E-state index in [0.717, 1.165) is 16.5 Å². The first kappa shape index (κ1) is 16.2. The summed E-state index contributed by atoms with van der Waals surface area (Å²) in [5, 5.41) is 18.7. The minimum atomic E-state index is 0.477. The second-order valence-electron chi connectivity index (χ2n) is 5.46. The fraction of sp³-hybridized carbons (Fsp3) is 0.105. The first-order chi connectivity index (χ1) is 12.8. The van der Waals surface area contributed by atoms with Crippen LogP contribution in [0.1, 0.15) is 5.56 Å². The minimum absolute atomic E-state index is 0.477. The number of hydrogen-bond donors (Lipinski definition) is 1. The number of nitrogens with zero attached hydrogens (tertiary/aromatic N) is 3. The van der Waals surface area contributed by atoms with Crippen LogP contribution >= 0.6 is 11.8 Å². The summed E-state index contributed by atoms with van der Waals surface area (Å²) < 4.78 is 11.4. The Morgan fingerprint density at radius 3 is 3.00 bits per heavy atom. The summed E-state index contributed by atoms with van der Waals surface area (Å²) in [6.45, 7) is 0.477. The van der Waals surface area contributed by atoms with Gasteiger partial charge < -0.3 is 14.1 Å². The van der Waals surface area contributed by atoms with Crippen molar-refractivity contribution in [2.24, 2.45) is 0 Å². The quantitative estimate of drug-likeness (QED) is 0.407. The van der Waals surface area contributed by atoms with E-state index >= 15 is 0 Å². The maximum atomic E-state index is 8.89. The Morgan fingerprint density at radius 2 is 2.08 bits per heavy atom. The van der Waals surface area contributed by atoms with Crippen LogP contribution in [0.3, 0.4) is 0 Å². The number of nitrogens with one attached hydrogen (secondary N) is 1. The van der Waals surface area contributed by atoms with Gasteiger partial charge in [0.15, 0.2) is 0 Å². The lowest BCUT2D eigenvalue weighted by atomic mass is 10.2. The SMILES string of the molecule is N#Cc1cccc(OCCSc2nnc(-c3c[nH]c4ccccc34)o2)c1. The van der Waals surface area contributed by atoms with Gasteiger partial charge in [0, 0.05) is 22.9 Å². The number of nitriles is 1. The molecule has 2 heterocycles. The van der Waals surface area contributed by atoms with Gasteiger partial charge in [0.05, 0.1) is 23.8 Å². The number of thioether (sulfide) groups is 1. The Hall–Kier alpha value is -3.24. The predicted octanol–water partition coefficient (Wildman–Crippen LogP) is 4.26. The Balaban J connectivity index is 1.36. The highest BCUT2D eigenvalue weighted by molar-refractivity contribution is 7.99. The third-order valence-corrected chi connectivity index (χ3v) is 4.55. The number of fused-ring (bicyclic) bond motifs is 1. The third-order valence-electron chi connectivity index (χ3n) is 3.77. The average Bonchev–Trinajstić information content (AvgIpc) is 3.32. The molecule has 0 radical (unpaired) electrons. The zero-order valence-electron chi connectivity index (χ0n) is 13.7. The molecule has 0 saturated carbocycles. The molecule has 7 heteroatoms. The normalized spacial score (nSPS) is 10.7. The summed E-state index contributed by atoms with van der Waals surface area (Å²) in [5.74, 6) is 1.83. The van der Waals surface area contributed by atoms with Crippen molar-refractivity contribution in [1.29, 1.82) is 5.26 Å². The molecule has 4 rings (SSSR count). The second-order valence-corrected chi connectivity index (χ2v) is 6.50. The van der Waals surface area contributed by atoms with E-state index in [-0.39, 0.29) is 0 Å². The first-order valence-corrected chi connectivity index (χ1v) is 8.98. The van der Waals surface area contributed by atoms with Gasteiger partial charge in [-0.1, -0.05) is 36.0 Å². The number of para-hydroxylation sites is 1. The van der Waals surface area contributed by atoms with E-state index < -0.39 is 0 Å². The van der Waals surface area contributed by atoms with Gasteiger partial charge in [0.2, 0.25) is 0 Å². The van der Waals surface area contributed by atoms with Crippen LogP contribution < -0.4 is 4.74 Å².